The second kappa shape index (κ2) is 4.56. The molecule has 0 unspecified atom stereocenters. The van der Waals surface area contributed by atoms with Crippen LogP contribution in [0, 0.1) is 5.82 Å². The standard InChI is InChI=1S/C12H16FN/c13-11-7-5-10(6-8-11)9-14-12-3-1-2-4-12/h5-8,12,14H,1-4,9H2. The molecule has 1 aliphatic carbocycles. The lowest BCUT2D eigenvalue weighted by atomic mass is 10.2. The van der Waals surface area contributed by atoms with Crippen molar-refractivity contribution in [2.24, 2.45) is 0 Å². The van der Waals surface area contributed by atoms with Crippen molar-refractivity contribution in [3.63, 3.8) is 0 Å². The second-order valence-corrected chi connectivity index (χ2v) is 3.99. The molecule has 14 heavy (non-hydrogen) atoms. The number of nitrogens with one attached hydrogen (secondary N) is 1. The van der Waals surface area contributed by atoms with E-state index in [4.69, 9.17) is 0 Å². The monoisotopic (exact) mass is 193 g/mol. The second-order valence-electron chi connectivity index (χ2n) is 3.99. The Hall–Kier alpha value is -0.890. The first-order valence-corrected chi connectivity index (χ1v) is 5.32. The molecule has 2 heteroatoms. The van der Waals surface area contributed by atoms with Gasteiger partial charge in [0.1, 0.15) is 5.82 Å². The molecule has 0 radical (unpaired) electrons. The van der Waals surface area contributed by atoms with E-state index in [-0.39, 0.29) is 5.82 Å². The smallest absolute Gasteiger partial charge is 0.123 e. The van der Waals surface area contributed by atoms with Crippen molar-refractivity contribution in [3.05, 3.63) is 35.6 Å². The molecule has 0 aromatic heterocycles. The number of halogens is 1. The summed E-state index contributed by atoms with van der Waals surface area (Å²) in [6.45, 7) is 0.866. The molecule has 1 saturated carbocycles. The van der Waals surface area contributed by atoms with Gasteiger partial charge in [-0.1, -0.05) is 25.0 Å². The van der Waals surface area contributed by atoms with Gasteiger partial charge in [0.25, 0.3) is 0 Å². The van der Waals surface area contributed by atoms with Crippen molar-refractivity contribution in [1.82, 2.24) is 5.32 Å². The van der Waals surface area contributed by atoms with Crippen LogP contribution in [-0.2, 0) is 6.54 Å². The topological polar surface area (TPSA) is 12.0 Å². The zero-order valence-electron chi connectivity index (χ0n) is 8.30. The maximum atomic E-state index is 12.6. The van der Waals surface area contributed by atoms with Gasteiger partial charge in [0.05, 0.1) is 0 Å². The van der Waals surface area contributed by atoms with Crippen LogP contribution in [0.25, 0.3) is 0 Å². The number of hydrogen-bond donors (Lipinski definition) is 1. The highest BCUT2D eigenvalue weighted by molar-refractivity contribution is 5.15. The first-order chi connectivity index (χ1) is 6.84. The molecule has 0 saturated heterocycles. The van der Waals surface area contributed by atoms with Crippen LogP contribution in [0.4, 0.5) is 4.39 Å². The Balaban J connectivity index is 1.82. The van der Waals surface area contributed by atoms with Crippen LogP contribution in [0.2, 0.25) is 0 Å². The summed E-state index contributed by atoms with van der Waals surface area (Å²) in [6.07, 6.45) is 5.28. The Bertz CT molecular complexity index is 275. The van der Waals surface area contributed by atoms with Crippen LogP contribution < -0.4 is 5.32 Å². The summed E-state index contributed by atoms with van der Waals surface area (Å²) in [7, 11) is 0. The third kappa shape index (κ3) is 2.55. The maximum Gasteiger partial charge on any atom is 0.123 e. The van der Waals surface area contributed by atoms with Gasteiger partial charge in [-0.25, -0.2) is 4.39 Å². The molecule has 1 fully saturated rings. The molecule has 1 aromatic carbocycles. The largest absolute Gasteiger partial charge is 0.310 e. The lowest BCUT2D eigenvalue weighted by molar-refractivity contribution is 0.523. The third-order valence-corrected chi connectivity index (χ3v) is 2.86. The van der Waals surface area contributed by atoms with Crippen LogP contribution >= 0.6 is 0 Å². The Labute approximate surface area is 84.3 Å². The average Bonchev–Trinajstić information content (AvgIpc) is 2.70. The molecule has 1 nitrogen and oxygen atoms in total. The van der Waals surface area contributed by atoms with E-state index in [9.17, 15) is 4.39 Å². The zero-order valence-corrected chi connectivity index (χ0v) is 8.30. The Morgan fingerprint density at radius 1 is 1.14 bits per heavy atom. The molecule has 1 aromatic rings. The summed E-state index contributed by atoms with van der Waals surface area (Å²) in [5.74, 6) is -0.158. The Morgan fingerprint density at radius 3 is 2.43 bits per heavy atom. The van der Waals surface area contributed by atoms with Crippen LogP contribution in [-0.4, -0.2) is 6.04 Å². The predicted molar refractivity (Wildman–Crippen MR) is 55.5 cm³/mol. The van der Waals surface area contributed by atoms with Gasteiger partial charge in [-0.3, -0.25) is 0 Å². The fraction of sp³-hybridized carbons (Fsp3) is 0.500. The Morgan fingerprint density at radius 2 is 1.79 bits per heavy atom. The highest BCUT2D eigenvalue weighted by Gasteiger charge is 2.13. The summed E-state index contributed by atoms with van der Waals surface area (Å²) in [5, 5.41) is 3.49. The molecule has 0 aliphatic heterocycles. The summed E-state index contributed by atoms with van der Waals surface area (Å²) in [4.78, 5) is 0. The summed E-state index contributed by atoms with van der Waals surface area (Å²) < 4.78 is 12.6. The highest BCUT2D eigenvalue weighted by atomic mass is 19.1. The number of benzene rings is 1. The first-order valence-electron chi connectivity index (χ1n) is 5.32. The molecule has 0 heterocycles. The van der Waals surface area contributed by atoms with Gasteiger partial charge in [-0.05, 0) is 30.5 Å². The minimum Gasteiger partial charge on any atom is -0.310 e. The molecule has 2 rings (SSSR count). The molecule has 0 spiro atoms. The minimum atomic E-state index is -0.158. The lowest BCUT2D eigenvalue weighted by Crippen LogP contribution is -2.25. The quantitative estimate of drug-likeness (QED) is 0.778. The molecule has 76 valence electrons. The fourth-order valence-corrected chi connectivity index (χ4v) is 1.99. The summed E-state index contributed by atoms with van der Waals surface area (Å²) >= 11 is 0. The third-order valence-electron chi connectivity index (χ3n) is 2.86. The average molecular weight is 193 g/mol. The van der Waals surface area contributed by atoms with Crippen molar-refractivity contribution in [2.75, 3.05) is 0 Å². The van der Waals surface area contributed by atoms with Crippen molar-refractivity contribution in [2.45, 2.75) is 38.3 Å². The molecular weight excluding hydrogens is 177 g/mol. The van der Waals surface area contributed by atoms with Crippen LogP contribution in [0.15, 0.2) is 24.3 Å². The van der Waals surface area contributed by atoms with Gasteiger partial charge in [0.15, 0.2) is 0 Å². The molecule has 0 amide bonds. The van der Waals surface area contributed by atoms with Crippen LogP contribution in [0.1, 0.15) is 31.2 Å². The normalized spacial score (nSPS) is 17.5. The van der Waals surface area contributed by atoms with Crippen molar-refractivity contribution < 1.29 is 4.39 Å². The van der Waals surface area contributed by atoms with Gasteiger partial charge in [-0.15, -0.1) is 0 Å². The van der Waals surface area contributed by atoms with Gasteiger partial charge >= 0.3 is 0 Å². The van der Waals surface area contributed by atoms with Gasteiger partial charge in [0.2, 0.25) is 0 Å². The number of rotatable bonds is 3. The molecule has 1 aliphatic rings. The van der Waals surface area contributed by atoms with E-state index in [0.29, 0.717) is 6.04 Å². The van der Waals surface area contributed by atoms with Crippen LogP contribution in [0.5, 0.6) is 0 Å². The predicted octanol–water partition coefficient (Wildman–Crippen LogP) is 2.86. The van der Waals surface area contributed by atoms with Crippen molar-refractivity contribution >= 4 is 0 Å². The van der Waals surface area contributed by atoms with E-state index < -0.39 is 0 Å². The van der Waals surface area contributed by atoms with E-state index in [1.807, 2.05) is 12.1 Å². The van der Waals surface area contributed by atoms with Crippen molar-refractivity contribution in [3.8, 4) is 0 Å². The Kier molecular flexibility index (Phi) is 3.14. The van der Waals surface area contributed by atoms with E-state index in [2.05, 4.69) is 5.32 Å². The summed E-state index contributed by atoms with van der Waals surface area (Å²) in [6, 6.07) is 7.41. The first kappa shape index (κ1) is 9.66. The van der Waals surface area contributed by atoms with E-state index in [1.165, 1.54) is 43.4 Å². The molecular formula is C12H16FN. The molecule has 0 atom stereocenters. The molecule has 1 N–H and O–H groups in total. The SMILES string of the molecule is Fc1ccc(CNC2CCCC2)cc1. The van der Waals surface area contributed by atoms with Gasteiger partial charge < -0.3 is 5.32 Å². The zero-order chi connectivity index (χ0) is 9.80. The van der Waals surface area contributed by atoms with E-state index in [0.717, 1.165) is 6.54 Å². The van der Waals surface area contributed by atoms with Gasteiger partial charge in [0, 0.05) is 12.6 Å². The fourth-order valence-electron chi connectivity index (χ4n) is 1.99. The highest BCUT2D eigenvalue weighted by Crippen LogP contribution is 2.18. The maximum absolute atomic E-state index is 12.6. The molecule has 0 bridgehead atoms. The van der Waals surface area contributed by atoms with Crippen molar-refractivity contribution in [1.29, 1.82) is 0 Å². The van der Waals surface area contributed by atoms with Gasteiger partial charge in [-0.2, -0.15) is 0 Å². The minimum absolute atomic E-state index is 0.158. The van der Waals surface area contributed by atoms with Crippen LogP contribution in [0.3, 0.4) is 0 Å². The summed E-state index contributed by atoms with van der Waals surface area (Å²) in [5.41, 5.74) is 1.17. The van der Waals surface area contributed by atoms with E-state index in [1.54, 1.807) is 0 Å². The lowest BCUT2D eigenvalue weighted by Gasteiger charge is -2.11. The van der Waals surface area contributed by atoms with E-state index >= 15 is 0 Å². The number of hydrogen-bond acceptors (Lipinski definition) is 1.